The van der Waals surface area contributed by atoms with Crippen LogP contribution in [0.3, 0.4) is 0 Å². The molecule has 19 heavy (non-hydrogen) atoms. The van der Waals surface area contributed by atoms with Crippen LogP contribution in [-0.4, -0.2) is 20.1 Å². The molecule has 0 spiro atoms. The monoisotopic (exact) mass is 305 g/mol. The Hall–Kier alpha value is -0.520. The van der Waals surface area contributed by atoms with Crippen molar-refractivity contribution in [3.8, 4) is 0 Å². The Morgan fingerprint density at radius 2 is 2.21 bits per heavy atom. The van der Waals surface area contributed by atoms with Crippen molar-refractivity contribution < 1.29 is 12.8 Å². The second-order valence-corrected chi connectivity index (χ2v) is 8.21. The van der Waals surface area contributed by atoms with Gasteiger partial charge in [0.15, 0.2) is 0 Å². The van der Waals surface area contributed by atoms with Crippen molar-refractivity contribution in [2.45, 2.75) is 39.7 Å². The fourth-order valence-corrected chi connectivity index (χ4v) is 4.24. The van der Waals surface area contributed by atoms with Gasteiger partial charge in [0, 0.05) is 17.9 Å². The lowest BCUT2D eigenvalue weighted by Gasteiger charge is -2.34. The van der Waals surface area contributed by atoms with Crippen LogP contribution >= 0.6 is 11.6 Å². The smallest absolute Gasteiger partial charge is 0.213 e. The minimum Gasteiger partial charge on any atom is -0.466 e. The van der Waals surface area contributed by atoms with Gasteiger partial charge in [-0.3, -0.25) is 0 Å². The molecule has 1 N–H and O–H groups in total. The van der Waals surface area contributed by atoms with Crippen molar-refractivity contribution in [1.29, 1.82) is 0 Å². The molecule has 0 bridgehead atoms. The summed E-state index contributed by atoms with van der Waals surface area (Å²) in [6.07, 6.45) is 1.60. The van der Waals surface area contributed by atoms with Gasteiger partial charge in [0.2, 0.25) is 10.0 Å². The van der Waals surface area contributed by atoms with Crippen LogP contribution in [0.25, 0.3) is 0 Å². The van der Waals surface area contributed by atoms with E-state index in [1.54, 1.807) is 0 Å². The predicted octanol–water partition coefficient (Wildman–Crippen LogP) is 2.76. The lowest BCUT2D eigenvalue weighted by Crippen LogP contribution is -2.37. The van der Waals surface area contributed by atoms with Crippen molar-refractivity contribution in [2.24, 2.45) is 5.41 Å². The highest BCUT2D eigenvalue weighted by Crippen LogP contribution is 2.42. The van der Waals surface area contributed by atoms with Crippen LogP contribution in [0.2, 0.25) is 0 Å². The van der Waals surface area contributed by atoms with E-state index in [4.69, 9.17) is 16.0 Å². The molecular formula is C13H20ClNO3S. The van der Waals surface area contributed by atoms with E-state index in [0.717, 1.165) is 29.9 Å². The summed E-state index contributed by atoms with van der Waals surface area (Å²) in [4.78, 5) is 0. The summed E-state index contributed by atoms with van der Waals surface area (Å²) in [7, 11) is -3.34. The fourth-order valence-electron chi connectivity index (χ4n) is 2.67. The van der Waals surface area contributed by atoms with Gasteiger partial charge in [-0.1, -0.05) is 13.8 Å². The molecule has 1 unspecified atom stereocenters. The van der Waals surface area contributed by atoms with E-state index in [1.165, 1.54) is 0 Å². The summed E-state index contributed by atoms with van der Waals surface area (Å²) in [6, 6.07) is 1.71. The first-order valence-corrected chi connectivity index (χ1v) is 8.56. The van der Waals surface area contributed by atoms with Crippen LogP contribution in [-0.2, 0) is 16.4 Å². The SMILES string of the molecule is Cc1cc2c(o1)CC(C)(C)CC2NS(=O)(=O)CCCl. The number of aryl methyl sites for hydroxylation is 1. The zero-order valence-electron chi connectivity index (χ0n) is 11.5. The van der Waals surface area contributed by atoms with E-state index in [1.807, 2.05) is 13.0 Å². The van der Waals surface area contributed by atoms with E-state index in [2.05, 4.69) is 18.6 Å². The Bertz CT molecular complexity index is 562. The highest BCUT2D eigenvalue weighted by molar-refractivity contribution is 7.89. The molecule has 0 amide bonds. The number of furan rings is 1. The van der Waals surface area contributed by atoms with Gasteiger partial charge in [0.1, 0.15) is 11.5 Å². The van der Waals surface area contributed by atoms with Gasteiger partial charge in [-0.05, 0) is 24.8 Å². The topological polar surface area (TPSA) is 59.3 Å². The molecule has 1 aromatic heterocycles. The van der Waals surface area contributed by atoms with Crippen molar-refractivity contribution in [2.75, 3.05) is 11.6 Å². The summed E-state index contributed by atoms with van der Waals surface area (Å²) in [6.45, 7) is 6.13. The molecule has 108 valence electrons. The second kappa shape index (κ2) is 5.11. The van der Waals surface area contributed by atoms with E-state index in [9.17, 15) is 8.42 Å². The standard InChI is InChI=1S/C13H20ClNO3S/c1-9-6-10-11(15-19(16,17)5-4-14)7-13(2,3)8-12(10)18-9/h6,11,15H,4-5,7-8H2,1-3H3. The van der Waals surface area contributed by atoms with Gasteiger partial charge in [-0.2, -0.15) is 0 Å². The molecule has 0 radical (unpaired) electrons. The molecule has 6 heteroatoms. The minimum atomic E-state index is -3.34. The Morgan fingerprint density at radius 1 is 1.53 bits per heavy atom. The first-order chi connectivity index (χ1) is 8.72. The number of rotatable bonds is 4. The van der Waals surface area contributed by atoms with Crippen molar-refractivity contribution in [3.05, 3.63) is 23.2 Å². The second-order valence-electron chi connectivity index (χ2n) is 5.96. The maximum absolute atomic E-state index is 11.9. The molecule has 0 aliphatic heterocycles. The minimum absolute atomic E-state index is 0.0193. The summed E-state index contributed by atoms with van der Waals surface area (Å²) in [5, 5.41) is 0. The van der Waals surface area contributed by atoms with Crippen LogP contribution < -0.4 is 4.72 Å². The third kappa shape index (κ3) is 3.52. The third-order valence-electron chi connectivity index (χ3n) is 3.40. The maximum atomic E-state index is 11.9. The Labute approximate surface area is 119 Å². The van der Waals surface area contributed by atoms with Gasteiger partial charge in [-0.15, -0.1) is 11.6 Å². The largest absolute Gasteiger partial charge is 0.466 e. The molecule has 4 nitrogen and oxygen atoms in total. The number of hydrogen-bond donors (Lipinski definition) is 1. The number of nitrogens with one attached hydrogen (secondary N) is 1. The maximum Gasteiger partial charge on any atom is 0.213 e. The molecule has 2 rings (SSSR count). The number of halogens is 1. The average molecular weight is 306 g/mol. The van der Waals surface area contributed by atoms with Gasteiger partial charge < -0.3 is 4.42 Å². The fraction of sp³-hybridized carbons (Fsp3) is 0.692. The molecule has 1 atom stereocenters. The van der Waals surface area contributed by atoms with Gasteiger partial charge in [0.25, 0.3) is 0 Å². The van der Waals surface area contributed by atoms with Crippen LogP contribution in [0.4, 0.5) is 0 Å². The summed E-state index contributed by atoms with van der Waals surface area (Å²) >= 11 is 5.53. The summed E-state index contributed by atoms with van der Waals surface area (Å²) < 4.78 is 32.2. The van der Waals surface area contributed by atoms with Crippen molar-refractivity contribution >= 4 is 21.6 Å². The average Bonchev–Trinajstić information content (AvgIpc) is 2.55. The Morgan fingerprint density at radius 3 is 2.84 bits per heavy atom. The molecule has 0 saturated heterocycles. The molecule has 1 aromatic rings. The zero-order chi connectivity index (χ0) is 14.3. The van der Waals surface area contributed by atoms with Crippen LogP contribution in [0.1, 0.15) is 43.4 Å². The van der Waals surface area contributed by atoms with Crippen molar-refractivity contribution in [1.82, 2.24) is 4.72 Å². The first-order valence-electron chi connectivity index (χ1n) is 6.38. The van der Waals surface area contributed by atoms with Crippen LogP contribution in [0.5, 0.6) is 0 Å². The number of alkyl halides is 1. The Balaban J connectivity index is 2.30. The molecule has 0 saturated carbocycles. The molecule has 1 aliphatic rings. The first kappa shape index (κ1) is 14.9. The number of hydrogen-bond acceptors (Lipinski definition) is 3. The molecule has 1 heterocycles. The van der Waals surface area contributed by atoms with E-state index in [0.29, 0.717) is 0 Å². The summed E-state index contributed by atoms with van der Waals surface area (Å²) in [5.74, 6) is 1.76. The summed E-state index contributed by atoms with van der Waals surface area (Å²) in [5.41, 5.74) is 0.987. The quantitative estimate of drug-likeness (QED) is 0.870. The highest BCUT2D eigenvalue weighted by atomic mass is 35.5. The molecular weight excluding hydrogens is 286 g/mol. The molecule has 0 aromatic carbocycles. The molecule has 0 fully saturated rings. The van der Waals surface area contributed by atoms with Gasteiger partial charge in [0.05, 0.1) is 11.8 Å². The van der Waals surface area contributed by atoms with Crippen LogP contribution in [0, 0.1) is 12.3 Å². The Kier molecular flexibility index (Phi) is 4.00. The zero-order valence-corrected chi connectivity index (χ0v) is 13.1. The number of fused-ring (bicyclic) bond motifs is 1. The van der Waals surface area contributed by atoms with E-state index >= 15 is 0 Å². The molecule has 1 aliphatic carbocycles. The predicted molar refractivity (Wildman–Crippen MR) is 75.9 cm³/mol. The normalized spacial score (nSPS) is 22.2. The number of sulfonamides is 1. The lowest BCUT2D eigenvalue weighted by atomic mass is 9.75. The third-order valence-corrected chi connectivity index (χ3v) is 5.20. The van der Waals surface area contributed by atoms with Gasteiger partial charge >= 0.3 is 0 Å². The van der Waals surface area contributed by atoms with Gasteiger partial charge in [-0.25, -0.2) is 13.1 Å². The van der Waals surface area contributed by atoms with E-state index in [-0.39, 0.29) is 23.1 Å². The van der Waals surface area contributed by atoms with Crippen LogP contribution in [0.15, 0.2) is 10.5 Å². The van der Waals surface area contributed by atoms with Crippen molar-refractivity contribution in [3.63, 3.8) is 0 Å². The highest BCUT2D eigenvalue weighted by Gasteiger charge is 2.36. The van der Waals surface area contributed by atoms with E-state index < -0.39 is 10.0 Å². The lowest BCUT2D eigenvalue weighted by molar-refractivity contribution is 0.247.